The van der Waals surface area contributed by atoms with Crippen molar-refractivity contribution in [3.8, 4) is 0 Å². The van der Waals surface area contributed by atoms with Gasteiger partial charge in [0.1, 0.15) is 6.23 Å². The topological polar surface area (TPSA) is 47.6 Å². The lowest BCUT2D eigenvalue weighted by Crippen LogP contribution is -2.29. The second-order valence-electron chi connectivity index (χ2n) is 2.76. The van der Waals surface area contributed by atoms with Gasteiger partial charge in [0.25, 0.3) is 0 Å². The molecule has 1 aliphatic heterocycles. The summed E-state index contributed by atoms with van der Waals surface area (Å²) < 4.78 is 9.96. The molecule has 1 heterocycles. The Morgan fingerprint density at radius 3 is 3.00 bits per heavy atom. The Morgan fingerprint density at radius 1 is 1.77 bits per heavy atom. The Hall–Kier alpha value is -0.870. The van der Waals surface area contributed by atoms with Crippen LogP contribution in [0.1, 0.15) is 13.3 Å². The van der Waals surface area contributed by atoms with E-state index in [2.05, 4.69) is 10.1 Å². The number of hydrogen-bond acceptors (Lipinski definition) is 4. The molecule has 0 amide bonds. The highest BCUT2D eigenvalue weighted by Crippen LogP contribution is 2.10. The highest BCUT2D eigenvalue weighted by Gasteiger charge is 2.24. The lowest BCUT2D eigenvalue weighted by Gasteiger charge is -2.12. The maximum atomic E-state index is 11.3. The lowest BCUT2D eigenvalue weighted by atomic mass is 10.2. The zero-order valence-corrected chi connectivity index (χ0v) is 8.00. The molecule has 0 spiro atoms. The average Bonchev–Trinajstić information content (AvgIpc) is 2.65. The van der Waals surface area contributed by atoms with Crippen molar-refractivity contribution in [2.45, 2.75) is 19.6 Å². The Kier molecular flexibility index (Phi) is 3.92. The number of allylic oxidation sites excluding steroid dienone is 1. The number of hydrogen-bond donors (Lipinski definition) is 1. The predicted octanol–water partition coefficient (Wildman–Crippen LogP) is 0.442. The maximum Gasteiger partial charge on any atom is 0.337 e. The van der Waals surface area contributed by atoms with E-state index in [1.165, 1.54) is 7.11 Å². The van der Waals surface area contributed by atoms with E-state index in [0.717, 1.165) is 13.0 Å². The van der Waals surface area contributed by atoms with Gasteiger partial charge in [-0.25, -0.2) is 4.79 Å². The van der Waals surface area contributed by atoms with E-state index in [0.29, 0.717) is 12.2 Å². The van der Waals surface area contributed by atoms with Gasteiger partial charge >= 0.3 is 5.97 Å². The summed E-state index contributed by atoms with van der Waals surface area (Å²) in [5.74, 6) is -0.318. The lowest BCUT2D eigenvalue weighted by molar-refractivity contribution is -0.137. The smallest absolute Gasteiger partial charge is 0.337 e. The summed E-state index contributed by atoms with van der Waals surface area (Å²) in [7, 11) is 1.38. The van der Waals surface area contributed by atoms with Crippen LogP contribution in [0.2, 0.25) is 0 Å². The summed E-state index contributed by atoms with van der Waals surface area (Å²) in [6.07, 6.45) is 2.34. The van der Waals surface area contributed by atoms with Crippen LogP contribution in [0, 0.1) is 0 Å². The molecule has 74 valence electrons. The van der Waals surface area contributed by atoms with Crippen molar-refractivity contribution >= 4 is 5.97 Å². The highest BCUT2D eigenvalue weighted by atomic mass is 16.5. The standard InChI is InChI=1S/C9H15NO3/c1-3-4-7(9(11)12-2)8-10-5-6-13-8/h4,8,10H,3,5-6H2,1-2H3. The monoisotopic (exact) mass is 185 g/mol. The molecule has 0 aromatic carbocycles. The maximum absolute atomic E-state index is 11.3. The molecule has 1 aliphatic rings. The Bertz CT molecular complexity index is 207. The van der Waals surface area contributed by atoms with Gasteiger partial charge < -0.3 is 9.47 Å². The molecule has 1 rings (SSSR count). The molecule has 4 nitrogen and oxygen atoms in total. The molecule has 0 bridgehead atoms. The van der Waals surface area contributed by atoms with Crippen molar-refractivity contribution in [2.75, 3.05) is 20.3 Å². The van der Waals surface area contributed by atoms with Crippen molar-refractivity contribution in [3.05, 3.63) is 11.6 Å². The quantitative estimate of drug-likeness (QED) is 0.512. The van der Waals surface area contributed by atoms with E-state index in [4.69, 9.17) is 4.74 Å². The third kappa shape index (κ3) is 2.54. The van der Waals surface area contributed by atoms with Gasteiger partial charge in [-0.15, -0.1) is 0 Å². The number of carbonyl (C=O) groups is 1. The normalized spacial score (nSPS) is 23.2. The summed E-state index contributed by atoms with van der Waals surface area (Å²) in [6, 6.07) is 0. The third-order valence-electron chi connectivity index (χ3n) is 1.84. The van der Waals surface area contributed by atoms with Crippen LogP contribution in [-0.4, -0.2) is 32.5 Å². The van der Waals surface area contributed by atoms with Gasteiger partial charge in [-0.3, -0.25) is 5.32 Å². The van der Waals surface area contributed by atoms with Gasteiger partial charge in [-0.1, -0.05) is 13.0 Å². The predicted molar refractivity (Wildman–Crippen MR) is 48.1 cm³/mol. The van der Waals surface area contributed by atoms with Crippen LogP contribution < -0.4 is 5.32 Å². The van der Waals surface area contributed by atoms with Crippen molar-refractivity contribution in [2.24, 2.45) is 0 Å². The SMILES string of the molecule is CCC=C(C(=O)OC)C1NCCO1. The van der Waals surface area contributed by atoms with E-state index >= 15 is 0 Å². The van der Waals surface area contributed by atoms with Crippen LogP contribution in [0.15, 0.2) is 11.6 Å². The molecule has 1 fully saturated rings. The highest BCUT2D eigenvalue weighted by molar-refractivity contribution is 5.89. The number of esters is 1. The fraction of sp³-hybridized carbons (Fsp3) is 0.667. The zero-order valence-electron chi connectivity index (χ0n) is 8.00. The number of nitrogens with one attached hydrogen (secondary N) is 1. The molecule has 0 saturated carbocycles. The van der Waals surface area contributed by atoms with Crippen molar-refractivity contribution < 1.29 is 14.3 Å². The molecule has 1 saturated heterocycles. The van der Waals surface area contributed by atoms with Crippen molar-refractivity contribution in [1.29, 1.82) is 0 Å². The molecule has 0 aromatic rings. The van der Waals surface area contributed by atoms with Crippen LogP contribution >= 0.6 is 0 Å². The minimum atomic E-state index is -0.318. The molecule has 0 aliphatic carbocycles. The number of rotatable bonds is 3. The van der Waals surface area contributed by atoms with E-state index < -0.39 is 0 Å². The second kappa shape index (κ2) is 4.99. The molecule has 0 aromatic heterocycles. The summed E-state index contributed by atoms with van der Waals surface area (Å²) >= 11 is 0. The zero-order chi connectivity index (χ0) is 9.68. The summed E-state index contributed by atoms with van der Waals surface area (Å²) in [4.78, 5) is 11.3. The molecule has 0 radical (unpaired) electrons. The van der Waals surface area contributed by atoms with E-state index in [-0.39, 0.29) is 12.2 Å². The van der Waals surface area contributed by atoms with Crippen molar-refractivity contribution in [3.63, 3.8) is 0 Å². The average molecular weight is 185 g/mol. The number of methoxy groups -OCH3 is 1. The summed E-state index contributed by atoms with van der Waals surface area (Å²) in [5.41, 5.74) is 0.572. The summed E-state index contributed by atoms with van der Waals surface area (Å²) in [5, 5.41) is 3.07. The Morgan fingerprint density at radius 2 is 2.54 bits per heavy atom. The first kappa shape index (κ1) is 10.2. The van der Waals surface area contributed by atoms with E-state index in [1.807, 2.05) is 13.0 Å². The van der Waals surface area contributed by atoms with Crippen LogP contribution in [0.3, 0.4) is 0 Å². The molecule has 4 heteroatoms. The minimum Gasteiger partial charge on any atom is -0.466 e. The number of ether oxygens (including phenoxy) is 2. The molecule has 1 N–H and O–H groups in total. The van der Waals surface area contributed by atoms with Crippen LogP contribution in [-0.2, 0) is 14.3 Å². The molecular weight excluding hydrogens is 170 g/mol. The fourth-order valence-corrected chi connectivity index (χ4v) is 1.26. The second-order valence-corrected chi connectivity index (χ2v) is 2.76. The third-order valence-corrected chi connectivity index (χ3v) is 1.84. The van der Waals surface area contributed by atoms with Crippen LogP contribution in [0.5, 0.6) is 0 Å². The van der Waals surface area contributed by atoms with Gasteiger partial charge in [-0.05, 0) is 6.42 Å². The van der Waals surface area contributed by atoms with Crippen molar-refractivity contribution in [1.82, 2.24) is 5.32 Å². The van der Waals surface area contributed by atoms with Gasteiger partial charge in [0, 0.05) is 6.54 Å². The summed E-state index contributed by atoms with van der Waals surface area (Å²) in [6.45, 7) is 3.39. The Labute approximate surface area is 77.9 Å². The first-order valence-electron chi connectivity index (χ1n) is 4.43. The van der Waals surface area contributed by atoms with Gasteiger partial charge in [0.05, 0.1) is 19.3 Å². The largest absolute Gasteiger partial charge is 0.466 e. The molecule has 13 heavy (non-hydrogen) atoms. The van der Waals surface area contributed by atoms with Crippen LogP contribution in [0.25, 0.3) is 0 Å². The van der Waals surface area contributed by atoms with Gasteiger partial charge in [0.15, 0.2) is 0 Å². The molecule has 1 atom stereocenters. The molecular formula is C9H15NO3. The first-order valence-corrected chi connectivity index (χ1v) is 4.43. The fourth-order valence-electron chi connectivity index (χ4n) is 1.26. The van der Waals surface area contributed by atoms with E-state index in [9.17, 15) is 4.79 Å². The number of carbonyl (C=O) groups excluding carboxylic acids is 1. The Balaban J connectivity index is 2.66. The molecule has 1 unspecified atom stereocenters. The van der Waals surface area contributed by atoms with E-state index in [1.54, 1.807) is 0 Å². The minimum absolute atomic E-state index is 0.285. The van der Waals surface area contributed by atoms with Gasteiger partial charge in [-0.2, -0.15) is 0 Å². The van der Waals surface area contributed by atoms with Crippen LogP contribution in [0.4, 0.5) is 0 Å². The van der Waals surface area contributed by atoms with Gasteiger partial charge in [0.2, 0.25) is 0 Å². The first-order chi connectivity index (χ1) is 6.29.